The molecule has 0 unspecified atom stereocenters. The third kappa shape index (κ3) is 7.52. The molecule has 9 heteroatoms. The van der Waals surface area contributed by atoms with E-state index in [1.165, 1.54) is 5.56 Å². The van der Waals surface area contributed by atoms with Crippen LogP contribution in [0.5, 0.6) is 0 Å². The number of rotatable bonds is 8. The van der Waals surface area contributed by atoms with E-state index in [1.807, 2.05) is 38.1 Å². The quantitative estimate of drug-likeness (QED) is 0.162. The van der Waals surface area contributed by atoms with Gasteiger partial charge in [-0.15, -0.1) is 24.0 Å². The Bertz CT molecular complexity index is 1040. The van der Waals surface area contributed by atoms with Gasteiger partial charge in [0, 0.05) is 25.2 Å². The highest BCUT2D eigenvalue weighted by Crippen LogP contribution is 2.19. The molecule has 1 amide bonds. The van der Waals surface area contributed by atoms with Crippen molar-refractivity contribution >= 4 is 47.4 Å². The fraction of sp³-hybridized carbons (Fsp3) is 0.261. The van der Waals surface area contributed by atoms with Crippen molar-refractivity contribution in [3.8, 4) is 11.5 Å². The summed E-state index contributed by atoms with van der Waals surface area (Å²) < 4.78 is 5.58. The minimum Gasteiger partial charge on any atom is -0.444 e. The number of hydrogen-bond donors (Lipinski definition) is 3. The number of oxazole rings is 1. The van der Waals surface area contributed by atoms with Crippen molar-refractivity contribution in [3.63, 3.8) is 0 Å². The van der Waals surface area contributed by atoms with Gasteiger partial charge in [0.25, 0.3) is 5.91 Å². The number of carbonyl (C=O) groups is 1. The Balaban J connectivity index is 0.00000363. The normalized spacial score (nSPS) is 10.9. The van der Waals surface area contributed by atoms with Gasteiger partial charge in [-0.2, -0.15) is 0 Å². The van der Waals surface area contributed by atoms with Gasteiger partial charge < -0.3 is 20.4 Å². The second-order valence-electron chi connectivity index (χ2n) is 6.87. The zero-order valence-electron chi connectivity index (χ0n) is 18.0. The predicted octanol–water partition coefficient (Wildman–Crippen LogP) is 4.41. The van der Waals surface area contributed by atoms with E-state index in [-0.39, 0.29) is 29.9 Å². The summed E-state index contributed by atoms with van der Waals surface area (Å²) in [7, 11) is 0. The molecule has 0 saturated heterocycles. The highest BCUT2D eigenvalue weighted by Gasteiger charge is 2.09. The number of aryl methyl sites for hydroxylation is 1. The fourth-order valence-corrected chi connectivity index (χ4v) is 3.03. The largest absolute Gasteiger partial charge is 0.444 e. The van der Waals surface area contributed by atoms with E-state index in [4.69, 9.17) is 16.0 Å². The molecule has 0 aliphatic rings. The smallest absolute Gasteiger partial charge is 0.252 e. The molecule has 0 atom stereocenters. The van der Waals surface area contributed by atoms with Crippen LogP contribution in [0.3, 0.4) is 0 Å². The number of amides is 1. The van der Waals surface area contributed by atoms with E-state index >= 15 is 0 Å². The maximum atomic E-state index is 12.2. The van der Waals surface area contributed by atoms with Crippen molar-refractivity contribution in [2.45, 2.75) is 20.4 Å². The number of nitrogens with one attached hydrogen (secondary N) is 3. The number of carbonyl (C=O) groups excluding carboxylic acids is 1. The van der Waals surface area contributed by atoms with Gasteiger partial charge in [0.2, 0.25) is 5.89 Å². The van der Waals surface area contributed by atoms with Gasteiger partial charge in [-0.05, 0) is 38.1 Å². The second-order valence-corrected chi connectivity index (χ2v) is 7.27. The minimum atomic E-state index is -0.208. The molecule has 0 spiro atoms. The second kappa shape index (κ2) is 13.1. The first-order chi connectivity index (χ1) is 15.1. The molecule has 0 radical (unpaired) electrons. The lowest BCUT2D eigenvalue weighted by atomic mass is 10.1. The SMILES string of the molecule is CCNC(=NCc1coc(-c2ccc(C)cc2)n1)NCCNC(=O)c1ccccc1Cl.I. The number of halogens is 2. The summed E-state index contributed by atoms with van der Waals surface area (Å²) >= 11 is 6.05. The number of aliphatic imine (C=N–C) groups is 1. The van der Waals surface area contributed by atoms with Gasteiger partial charge in [0.05, 0.1) is 17.1 Å². The summed E-state index contributed by atoms with van der Waals surface area (Å²) in [4.78, 5) is 21.2. The lowest BCUT2D eigenvalue weighted by Crippen LogP contribution is -2.41. The number of nitrogens with zero attached hydrogens (tertiary/aromatic N) is 2. The number of guanidine groups is 1. The summed E-state index contributed by atoms with van der Waals surface area (Å²) in [5, 5.41) is 9.63. The first-order valence-corrected chi connectivity index (χ1v) is 10.5. The Morgan fingerprint density at radius 2 is 1.78 bits per heavy atom. The molecule has 0 fully saturated rings. The average molecular weight is 568 g/mol. The Kier molecular flexibility index (Phi) is 10.5. The summed E-state index contributed by atoms with van der Waals surface area (Å²) in [6.07, 6.45) is 1.62. The fourth-order valence-electron chi connectivity index (χ4n) is 2.81. The molecule has 1 aromatic heterocycles. The molecule has 3 aromatic rings. The van der Waals surface area contributed by atoms with Crippen molar-refractivity contribution < 1.29 is 9.21 Å². The van der Waals surface area contributed by atoms with Crippen LogP contribution in [0.1, 0.15) is 28.5 Å². The topological polar surface area (TPSA) is 91.6 Å². The van der Waals surface area contributed by atoms with Gasteiger partial charge in [-0.1, -0.05) is 41.4 Å². The van der Waals surface area contributed by atoms with E-state index in [0.29, 0.717) is 48.6 Å². The summed E-state index contributed by atoms with van der Waals surface area (Å²) in [5.74, 6) is 1.00. The van der Waals surface area contributed by atoms with Crippen molar-refractivity contribution in [2.75, 3.05) is 19.6 Å². The maximum Gasteiger partial charge on any atom is 0.252 e. The van der Waals surface area contributed by atoms with Crippen molar-refractivity contribution in [3.05, 3.63) is 76.6 Å². The van der Waals surface area contributed by atoms with Gasteiger partial charge in [0.1, 0.15) is 12.0 Å². The van der Waals surface area contributed by atoms with E-state index in [2.05, 4.69) is 25.9 Å². The zero-order valence-corrected chi connectivity index (χ0v) is 21.1. The molecule has 2 aromatic carbocycles. The molecule has 3 rings (SSSR count). The summed E-state index contributed by atoms with van der Waals surface area (Å²) in [6.45, 7) is 6.05. The van der Waals surface area contributed by atoms with Crippen LogP contribution in [-0.2, 0) is 6.54 Å². The van der Waals surface area contributed by atoms with Gasteiger partial charge >= 0.3 is 0 Å². The highest BCUT2D eigenvalue weighted by atomic mass is 127. The van der Waals surface area contributed by atoms with E-state index in [9.17, 15) is 4.79 Å². The monoisotopic (exact) mass is 567 g/mol. The summed E-state index contributed by atoms with van der Waals surface area (Å²) in [6, 6.07) is 15.0. The van der Waals surface area contributed by atoms with Crippen LogP contribution in [-0.4, -0.2) is 36.5 Å². The lowest BCUT2D eigenvalue weighted by molar-refractivity contribution is 0.0954. The summed E-state index contributed by atoms with van der Waals surface area (Å²) in [5.41, 5.74) is 3.31. The van der Waals surface area contributed by atoms with Crippen LogP contribution in [0, 0.1) is 6.92 Å². The van der Waals surface area contributed by atoms with Crippen LogP contribution >= 0.6 is 35.6 Å². The van der Waals surface area contributed by atoms with Gasteiger partial charge in [-0.3, -0.25) is 4.79 Å². The standard InChI is InChI=1S/C23H26ClN5O2.HI/c1-3-25-23(27-13-12-26-21(30)19-6-4-5-7-20(19)24)28-14-18-15-31-22(29-18)17-10-8-16(2)9-11-17;/h4-11,15H,3,12-14H2,1-2H3,(H,26,30)(H2,25,27,28);1H. The maximum absolute atomic E-state index is 12.2. The molecule has 0 aliphatic heterocycles. The molecular weight excluding hydrogens is 541 g/mol. The molecule has 0 saturated carbocycles. The van der Waals surface area contributed by atoms with Crippen molar-refractivity contribution in [1.82, 2.24) is 20.9 Å². The van der Waals surface area contributed by atoms with Crippen LogP contribution < -0.4 is 16.0 Å². The molecule has 170 valence electrons. The molecule has 0 aliphatic carbocycles. The number of aromatic nitrogens is 1. The number of benzene rings is 2. The van der Waals surface area contributed by atoms with Gasteiger partial charge in [-0.25, -0.2) is 9.98 Å². The third-order valence-corrected chi connectivity index (χ3v) is 4.74. The van der Waals surface area contributed by atoms with Crippen molar-refractivity contribution in [2.24, 2.45) is 4.99 Å². The lowest BCUT2D eigenvalue weighted by Gasteiger charge is -2.12. The Labute approximate surface area is 210 Å². The van der Waals surface area contributed by atoms with Crippen LogP contribution in [0.4, 0.5) is 0 Å². The Morgan fingerprint density at radius 1 is 1.06 bits per heavy atom. The van der Waals surface area contributed by atoms with E-state index in [1.54, 1.807) is 30.5 Å². The molecule has 7 nitrogen and oxygen atoms in total. The van der Waals surface area contributed by atoms with Crippen LogP contribution in [0.2, 0.25) is 5.02 Å². The number of hydrogen-bond acceptors (Lipinski definition) is 4. The van der Waals surface area contributed by atoms with E-state index < -0.39 is 0 Å². The van der Waals surface area contributed by atoms with Crippen LogP contribution in [0.15, 0.2) is 64.2 Å². The molecular formula is C23H27ClIN5O2. The molecule has 32 heavy (non-hydrogen) atoms. The first kappa shape index (κ1) is 25.7. The molecule has 1 heterocycles. The van der Waals surface area contributed by atoms with Crippen LogP contribution in [0.25, 0.3) is 11.5 Å². The van der Waals surface area contributed by atoms with Crippen molar-refractivity contribution in [1.29, 1.82) is 0 Å². The zero-order chi connectivity index (χ0) is 22.1. The van der Waals surface area contributed by atoms with Gasteiger partial charge in [0.15, 0.2) is 5.96 Å². The van der Waals surface area contributed by atoms with E-state index in [0.717, 1.165) is 11.3 Å². The Hall–Kier alpha value is -2.59. The molecule has 0 bridgehead atoms. The molecule has 3 N–H and O–H groups in total. The predicted molar refractivity (Wildman–Crippen MR) is 139 cm³/mol. The first-order valence-electron chi connectivity index (χ1n) is 10.1. The third-order valence-electron chi connectivity index (χ3n) is 4.42. The average Bonchev–Trinajstić information content (AvgIpc) is 3.24. The highest BCUT2D eigenvalue weighted by molar-refractivity contribution is 14.0. The Morgan fingerprint density at radius 3 is 2.50 bits per heavy atom. The minimum absolute atomic E-state index is 0.